The van der Waals surface area contributed by atoms with Crippen molar-refractivity contribution in [3.05, 3.63) is 40.3 Å². The van der Waals surface area contributed by atoms with E-state index in [4.69, 9.17) is 14.2 Å². The lowest BCUT2D eigenvalue weighted by Gasteiger charge is -2.17. The SMILES string of the molecule is CCOC(=O)c1sc(NC(=O)C2CC(=O)N(c3ccc(OC)cc3)C2)c(C(=O)OCC)c1C. The molecule has 1 aliphatic heterocycles. The number of esters is 2. The van der Waals surface area contributed by atoms with Gasteiger partial charge >= 0.3 is 11.9 Å². The Kier molecular flexibility index (Phi) is 7.70. The monoisotopic (exact) mass is 474 g/mol. The maximum atomic E-state index is 13.0. The molecular weight excluding hydrogens is 448 g/mol. The zero-order valence-electron chi connectivity index (χ0n) is 18.9. The van der Waals surface area contributed by atoms with Crippen molar-refractivity contribution in [1.29, 1.82) is 0 Å². The predicted molar refractivity (Wildman–Crippen MR) is 123 cm³/mol. The molecule has 9 nitrogen and oxygen atoms in total. The van der Waals surface area contributed by atoms with Crippen LogP contribution in [0.2, 0.25) is 0 Å². The second-order valence-electron chi connectivity index (χ2n) is 7.29. The van der Waals surface area contributed by atoms with Gasteiger partial charge in [-0.15, -0.1) is 11.3 Å². The molecule has 1 N–H and O–H groups in total. The highest BCUT2D eigenvalue weighted by molar-refractivity contribution is 7.18. The maximum absolute atomic E-state index is 13.0. The van der Waals surface area contributed by atoms with Crippen LogP contribution in [-0.4, -0.2) is 50.6 Å². The third-order valence-electron chi connectivity index (χ3n) is 5.20. The van der Waals surface area contributed by atoms with Crippen LogP contribution in [0.15, 0.2) is 24.3 Å². The van der Waals surface area contributed by atoms with Gasteiger partial charge < -0.3 is 24.4 Å². The highest BCUT2D eigenvalue weighted by atomic mass is 32.1. The van der Waals surface area contributed by atoms with E-state index in [0.29, 0.717) is 17.0 Å². The fourth-order valence-corrected chi connectivity index (χ4v) is 4.64. The molecule has 0 radical (unpaired) electrons. The van der Waals surface area contributed by atoms with Crippen LogP contribution in [-0.2, 0) is 19.1 Å². The fourth-order valence-electron chi connectivity index (χ4n) is 3.55. The van der Waals surface area contributed by atoms with Crippen LogP contribution in [0.25, 0.3) is 0 Å². The number of hydrogen-bond acceptors (Lipinski definition) is 8. The van der Waals surface area contributed by atoms with Crippen LogP contribution in [0.1, 0.15) is 45.9 Å². The van der Waals surface area contributed by atoms with Gasteiger partial charge in [-0.1, -0.05) is 0 Å². The zero-order valence-corrected chi connectivity index (χ0v) is 19.7. The van der Waals surface area contributed by atoms with E-state index in [2.05, 4.69) is 5.32 Å². The minimum atomic E-state index is -0.639. The Bertz CT molecular complexity index is 1060. The first kappa shape index (κ1) is 24.2. The van der Waals surface area contributed by atoms with Crippen molar-refractivity contribution in [3.8, 4) is 5.75 Å². The molecule has 1 atom stereocenters. The van der Waals surface area contributed by atoms with Crippen LogP contribution in [0.3, 0.4) is 0 Å². The van der Waals surface area contributed by atoms with E-state index in [1.54, 1.807) is 57.0 Å². The first-order chi connectivity index (χ1) is 15.8. The summed E-state index contributed by atoms with van der Waals surface area (Å²) in [6, 6.07) is 6.99. The highest BCUT2D eigenvalue weighted by Gasteiger charge is 2.36. The molecule has 1 unspecified atom stereocenters. The molecule has 1 fully saturated rings. The third-order valence-corrected chi connectivity index (χ3v) is 6.39. The van der Waals surface area contributed by atoms with Gasteiger partial charge in [0.2, 0.25) is 11.8 Å². The van der Waals surface area contributed by atoms with Crippen molar-refractivity contribution >= 4 is 45.8 Å². The van der Waals surface area contributed by atoms with E-state index < -0.39 is 23.8 Å². The van der Waals surface area contributed by atoms with Gasteiger partial charge in [-0.25, -0.2) is 9.59 Å². The highest BCUT2D eigenvalue weighted by Crippen LogP contribution is 2.35. The minimum absolute atomic E-state index is 0.0295. The van der Waals surface area contributed by atoms with Crippen LogP contribution >= 0.6 is 11.3 Å². The lowest BCUT2D eigenvalue weighted by Crippen LogP contribution is -2.28. The smallest absolute Gasteiger partial charge is 0.348 e. The number of carbonyl (C=O) groups is 4. The first-order valence-corrected chi connectivity index (χ1v) is 11.3. The topological polar surface area (TPSA) is 111 Å². The summed E-state index contributed by atoms with van der Waals surface area (Å²) in [5.74, 6) is -1.77. The summed E-state index contributed by atoms with van der Waals surface area (Å²) in [7, 11) is 1.56. The zero-order chi connectivity index (χ0) is 24.1. The summed E-state index contributed by atoms with van der Waals surface area (Å²) < 4.78 is 15.3. The lowest BCUT2D eigenvalue weighted by molar-refractivity contribution is -0.122. The fraction of sp³-hybridized carbons (Fsp3) is 0.391. The number of amides is 2. The summed E-state index contributed by atoms with van der Waals surface area (Å²) in [6.45, 7) is 5.47. The normalized spacial score (nSPS) is 15.3. The van der Waals surface area contributed by atoms with Gasteiger partial charge in [-0.3, -0.25) is 9.59 Å². The summed E-state index contributed by atoms with van der Waals surface area (Å²) >= 11 is 0.958. The third kappa shape index (κ3) is 5.16. The molecule has 176 valence electrons. The Morgan fingerprint density at radius 3 is 2.33 bits per heavy atom. The van der Waals surface area contributed by atoms with Crippen LogP contribution in [0.5, 0.6) is 5.75 Å². The molecular formula is C23H26N2O7S. The Balaban J connectivity index is 1.81. The van der Waals surface area contributed by atoms with Crippen molar-refractivity contribution < 1.29 is 33.4 Å². The van der Waals surface area contributed by atoms with Crippen LogP contribution < -0.4 is 15.0 Å². The van der Waals surface area contributed by atoms with Gasteiger partial charge in [0.25, 0.3) is 0 Å². The van der Waals surface area contributed by atoms with Crippen LogP contribution in [0.4, 0.5) is 10.7 Å². The number of methoxy groups -OCH3 is 1. The van der Waals surface area contributed by atoms with Gasteiger partial charge in [-0.05, 0) is 50.6 Å². The molecule has 0 bridgehead atoms. The number of nitrogens with one attached hydrogen (secondary N) is 1. The van der Waals surface area contributed by atoms with Gasteiger partial charge in [0.05, 0.1) is 31.8 Å². The number of anilines is 2. The van der Waals surface area contributed by atoms with Crippen molar-refractivity contribution in [2.45, 2.75) is 27.2 Å². The number of nitrogens with zero attached hydrogens (tertiary/aromatic N) is 1. The summed E-state index contributed by atoms with van der Waals surface area (Å²) in [6.07, 6.45) is 0.0295. The van der Waals surface area contributed by atoms with E-state index in [0.717, 1.165) is 11.3 Å². The lowest BCUT2D eigenvalue weighted by atomic mass is 10.1. The molecule has 2 aromatic rings. The molecule has 10 heteroatoms. The van der Waals surface area contributed by atoms with E-state index >= 15 is 0 Å². The molecule has 1 aromatic heterocycles. The number of rotatable bonds is 8. The number of thiophene rings is 1. The van der Waals surface area contributed by atoms with Crippen LogP contribution in [0, 0.1) is 12.8 Å². The van der Waals surface area contributed by atoms with Crippen molar-refractivity contribution in [3.63, 3.8) is 0 Å². The average molecular weight is 475 g/mol. The standard InChI is InChI=1S/C23H26N2O7S/c1-5-31-22(28)18-13(3)19(23(29)32-6-2)33-21(18)24-20(27)14-11-17(26)25(12-14)15-7-9-16(30-4)10-8-15/h7-10,14H,5-6,11-12H2,1-4H3,(H,24,27). The number of benzene rings is 1. The van der Waals surface area contributed by atoms with E-state index in [9.17, 15) is 19.2 Å². The molecule has 0 saturated carbocycles. The molecule has 0 aliphatic carbocycles. The second kappa shape index (κ2) is 10.5. The molecule has 33 heavy (non-hydrogen) atoms. The van der Waals surface area contributed by atoms with Crippen molar-refractivity contribution in [1.82, 2.24) is 0 Å². The Labute approximate surface area is 195 Å². The van der Waals surface area contributed by atoms with Crippen molar-refractivity contribution in [2.24, 2.45) is 5.92 Å². The second-order valence-corrected chi connectivity index (χ2v) is 8.31. The van der Waals surface area contributed by atoms with Gasteiger partial charge in [-0.2, -0.15) is 0 Å². The Morgan fingerprint density at radius 2 is 1.73 bits per heavy atom. The van der Waals surface area contributed by atoms with Gasteiger partial charge in [0.15, 0.2) is 0 Å². The predicted octanol–water partition coefficient (Wildman–Crippen LogP) is 3.41. The molecule has 3 rings (SSSR count). The summed E-state index contributed by atoms with van der Waals surface area (Å²) in [4.78, 5) is 52.2. The Hall–Kier alpha value is -3.40. The number of ether oxygens (including phenoxy) is 3. The first-order valence-electron chi connectivity index (χ1n) is 10.5. The van der Waals surface area contributed by atoms with Gasteiger partial charge in [0.1, 0.15) is 15.6 Å². The molecule has 2 heterocycles. The van der Waals surface area contributed by atoms with Gasteiger partial charge in [0, 0.05) is 18.7 Å². The molecule has 1 aliphatic rings. The average Bonchev–Trinajstić information content (AvgIpc) is 3.34. The molecule has 1 saturated heterocycles. The molecule has 1 aromatic carbocycles. The quantitative estimate of drug-likeness (QED) is 0.584. The molecule has 2 amide bonds. The van der Waals surface area contributed by atoms with E-state index in [1.165, 1.54) is 0 Å². The summed E-state index contributed by atoms with van der Waals surface area (Å²) in [5, 5.41) is 2.94. The number of carbonyl (C=O) groups excluding carboxylic acids is 4. The maximum Gasteiger partial charge on any atom is 0.348 e. The number of hydrogen-bond donors (Lipinski definition) is 1. The molecule has 0 spiro atoms. The van der Waals surface area contributed by atoms with Crippen molar-refractivity contribution in [2.75, 3.05) is 37.1 Å². The summed E-state index contributed by atoms with van der Waals surface area (Å²) in [5.41, 5.74) is 1.17. The minimum Gasteiger partial charge on any atom is -0.497 e. The Morgan fingerprint density at radius 1 is 1.09 bits per heavy atom. The largest absolute Gasteiger partial charge is 0.497 e. The van der Waals surface area contributed by atoms with E-state index in [-0.39, 0.29) is 47.5 Å². The van der Waals surface area contributed by atoms with E-state index in [1.807, 2.05) is 0 Å².